The molecule has 0 aromatic rings. The van der Waals surface area contributed by atoms with E-state index in [-0.39, 0.29) is 6.61 Å². The molecule has 1 fully saturated rings. The van der Waals surface area contributed by atoms with E-state index in [0.29, 0.717) is 11.8 Å². The van der Waals surface area contributed by atoms with Gasteiger partial charge in [-0.05, 0) is 31.2 Å². The Hall–Kier alpha value is -0.380. The molecule has 2 atom stereocenters. The summed E-state index contributed by atoms with van der Waals surface area (Å²) in [6.45, 7) is 7.49. The number of rotatable bonds is 7. The first-order valence-electron chi connectivity index (χ1n) is 6.46. The number of nitrogens with two attached hydrogens (primary N) is 1. The molecule has 0 spiro atoms. The van der Waals surface area contributed by atoms with E-state index in [1.54, 1.807) is 0 Å². The predicted molar refractivity (Wildman–Crippen MR) is 68.2 cm³/mol. The van der Waals surface area contributed by atoms with Crippen LogP contribution in [0.15, 0.2) is 12.7 Å². The van der Waals surface area contributed by atoms with Crippen molar-refractivity contribution in [3.8, 4) is 0 Å². The normalized spacial score (nSPS) is 25.9. The van der Waals surface area contributed by atoms with E-state index in [1.807, 2.05) is 6.08 Å². The third-order valence-corrected chi connectivity index (χ3v) is 3.67. The summed E-state index contributed by atoms with van der Waals surface area (Å²) in [6.07, 6.45) is 7.15. The molecule has 1 saturated carbocycles. The van der Waals surface area contributed by atoms with E-state index in [2.05, 4.69) is 11.5 Å². The average Bonchev–Trinajstić information content (AvgIpc) is 2.30. The molecule has 0 bridgehead atoms. The lowest BCUT2D eigenvalue weighted by molar-refractivity contribution is 0.141. The summed E-state index contributed by atoms with van der Waals surface area (Å²) in [5, 5.41) is 9.02. The topological polar surface area (TPSA) is 49.5 Å². The van der Waals surface area contributed by atoms with E-state index in [4.69, 9.17) is 10.8 Å². The SMILES string of the molecule is C=CCN(CCO)CC1CCCCC1CN. The molecule has 16 heavy (non-hydrogen) atoms. The van der Waals surface area contributed by atoms with Gasteiger partial charge in [-0.3, -0.25) is 4.90 Å². The van der Waals surface area contributed by atoms with Crippen LogP contribution in [0.25, 0.3) is 0 Å². The molecule has 2 unspecified atom stereocenters. The highest BCUT2D eigenvalue weighted by molar-refractivity contribution is 4.81. The Balaban J connectivity index is 2.43. The summed E-state index contributed by atoms with van der Waals surface area (Å²) in [5.41, 5.74) is 5.83. The first kappa shape index (κ1) is 13.7. The second-order valence-electron chi connectivity index (χ2n) is 4.81. The van der Waals surface area contributed by atoms with E-state index < -0.39 is 0 Å². The highest BCUT2D eigenvalue weighted by Crippen LogP contribution is 2.29. The summed E-state index contributed by atoms with van der Waals surface area (Å²) in [5.74, 6) is 1.39. The van der Waals surface area contributed by atoms with Crippen LogP contribution in [0.3, 0.4) is 0 Å². The van der Waals surface area contributed by atoms with Crippen LogP contribution in [0, 0.1) is 11.8 Å². The van der Waals surface area contributed by atoms with Gasteiger partial charge in [-0.1, -0.05) is 18.9 Å². The van der Waals surface area contributed by atoms with Gasteiger partial charge in [0.15, 0.2) is 0 Å². The summed E-state index contributed by atoms with van der Waals surface area (Å²) >= 11 is 0. The van der Waals surface area contributed by atoms with Crippen LogP contribution in [0.2, 0.25) is 0 Å². The van der Waals surface area contributed by atoms with Crippen molar-refractivity contribution in [3.63, 3.8) is 0 Å². The molecule has 3 nitrogen and oxygen atoms in total. The zero-order chi connectivity index (χ0) is 11.8. The quantitative estimate of drug-likeness (QED) is 0.642. The highest BCUT2D eigenvalue weighted by Gasteiger charge is 2.25. The van der Waals surface area contributed by atoms with Crippen LogP contribution < -0.4 is 5.73 Å². The van der Waals surface area contributed by atoms with Gasteiger partial charge in [0.25, 0.3) is 0 Å². The van der Waals surface area contributed by atoms with Gasteiger partial charge in [-0.15, -0.1) is 6.58 Å². The summed E-state index contributed by atoms with van der Waals surface area (Å²) in [4.78, 5) is 2.28. The van der Waals surface area contributed by atoms with E-state index in [0.717, 1.165) is 26.2 Å². The molecule has 0 aliphatic heterocycles. The third-order valence-electron chi connectivity index (χ3n) is 3.67. The van der Waals surface area contributed by atoms with Crippen molar-refractivity contribution in [2.75, 3.05) is 32.8 Å². The van der Waals surface area contributed by atoms with Gasteiger partial charge in [0.1, 0.15) is 0 Å². The van der Waals surface area contributed by atoms with Gasteiger partial charge in [-0.25, -0.2) is 0 Å². The molecular weight excluding hydrogens is 200 g/mol. The number of aliphatic hydroxyl groups excluding tert-OH is 1. The van der Waals surface area contributed by atoms with Gasteiger partial charge in [0, 0.05) is 19.6 Å². The molecule has 0 heterocycles. The van der Waals surface area contributed by atoms with Crippen molar-refractivity contribution in [3.05, 3.63) is 12.7 Å². The lowest BCUT2D eigenvalue weighted by Crippen LogP contribution is -2.38. The maximum absolute atomic E-state index is 9.02. The molecule has 0 amide bonds. The second-order valence-corrected chi connectivity index (χ2v) is 4.81. The largest absolute Gasteiger partial charge is 0.395 e. The van der Waals surface area contributed by atoms with Crippen molar-refractivity contribution in [1.29, 1.82) is 0 Å². The van der Waals surface area contributed by atoms with Crippen LogP contribution in [0.5, 0.6) is 0 Å². The molecule has 1 rings (SSSR count). The monoisotopic (exact) mass is 226 g/mol. The van der Waals surface area contributed by atoms with Gasteiger partial charge >= 0.3 is 0 Å². The molecule has 1 aliphatic carbocycles. The Labute approximate surface area is 99.3 Å². The van der Waals surface area contributed by atoms with Crippen molar-refractivity contribution in [2.24, 2.45) is 17.6 Å². The fourth-order valence-electron chi connectivity index (χ4n) is 2.75. The molecule has 0 radical (unpaired) electrons. The van der Waals surface area contributed by atoms with Crippen molar-refractivity contribution >= 4 is 0 Å². The molecule has 3 heteroatoms. The molecule has 94 valence electrons. The van der Waals surface area contributed by atoms with Crippen LogP contribution in [0.1, 0.15) is 25.7 Å². The smallest absolute Gasteiger partial charge is 0.0558 e. The lowest BCUT2D eigenvalue weighted by Gasteiger charge is -2.34. The Morgan fingerprint density at radius 1 is 1.31 bits per heavy atom. The lowest BCUT2D eigenvalue weighted by atomic mass is 9.79. The minimum Gasteiger partial charge on any atom is -0.395 e. The Bertz CT molecular complexity index is 196. The first-order valence-corrected chi connectivity index (χ1v) is 6.46. The van der Waals surface area contributed by atoms with E-state index in [9.17, 15) is 0 Å². The van der Waals surface area contributed by atoms with Crippen LogP contribution in [0.4, 0.5) is 0 Å². The summed E-state index contributed by atoms with van der Waals surface area (Å²) in [7, 11) is 0. The van der Waals surface area contributed by atoms with Crippen molar-refractivity contribution in [2.45, 2.75) is 25.7 Å². The van der Waals surface area contributed by atoms with Gasteiger partial charge in [0.05, 0.1) is 6.61 Å². The molecular formula is C13H26N2O. The average molecular weight is 226 g/mol. The maximum atomic E-state index is 9.02. The number of aliphatic hydroxyl groups is 1. The molecule has 0 aromatic heterocycles. The fraction of sp³-hybridized carbons (Fsp3) is 0.846. The van der Waals surface area contributed by atoms with Crippen LogP contribution in [-0.4, -0.2) is 42.8 Å². The van der Waals surface area contributed by atoms with Gasteiger partial charge < -0.3 is 10.8 Å². The highest BCUT2D eigenvalue weighted by atomic mass is 16.3. The zero-order valence-corrected chi connectivity index (χ0v) is 10.3. The molecule has 0 aromatic carbocycles. The minimum atomic E-state index is 0.230. The van der Waals surface area contributed by atoms with Crippen molar-refractivity contribution < 1.29 is 5.11 Å². The van der Waals surface area contributed by atoms with Crippen molar-refractivity contribution in [1.82, 2.24) is 4.90 Å². The fourth-order valence-corrected chi connectivity index (χ4v) is 2.75. The third kappa shape index (κ3) is 4.24. The first-order chi connectivity index (χ1) is 7.81. The summed E-state index contributed by atoms with van der Waals surface area (Å²) < 4.78 is 0. The van der Waals surface area contributed by atoms with Crippen LogP contribution >= 0.6 is 0 Å². The molecule has 1 aliphatic rings. The number of hydrogen-bond donors (Lipinski definition) is 2. The Morgan fingerprint density at radius 2 is 2.00 bits per heavy atom. The van der Waals surface area contributed by atoms with E-state index in [1.165, 1.54) is 25.7 Å². The van der Waals surface area contributed by atoms with Gasteiger partial charge in [0.2, 0.25) is 0 Å². The minimum absolute atomic E-state index is 0.230. The van der Waals surface area contributed by atoms with Gasteiger partial charge in [-0.2, -0.15) is 0 Å². The molecule has 0 saturated heterocycles. The number of nitrogens with zero attached hydrogens (tertiary/aromatic N) is 1. The standard InChI is InChI=1S/C13H26N2O/c1-2-7-15(8-9-16)11-13-6-4-3-5-12(13)10-14/h2,12-13,16H,1,3-11,14H2. The second kappa shape index (κ2) is 7.82. The zero-order valence-electron chi connectivity index (χ0n) is 10.3. The Kier molecular flexibility index (Phi) is 6.69. The molecule has 3 N–H and O–H groups in total. The maximum Gasteiger partial charge on any atom is 0.0558 e. The predicted octanol–water partition coefficient (Wildman–Crippen LogP) is 1.23. The van der Waals surface area contributed by atoms with Crippen LogP contribution in [-0.2, 0) is 0 Å². The number of hydrogen-bond acceptors (Lipinski definition) is 3. The Morgan fingerprint density at radius 3 is 2.56 bits per heavy atom. The van der Waals surface area contributed by atoms with E-state index >= 15 is 0 Å². The summed E-state index contributed by atoms with van der Waals surface area (Å²) in [6, 6.07) is 0.